The first kappa shape index (κ1) is 24.3. The molecule has 1 aromatic rings. The first-order valence-corrected chi connectivity index (χ1v) is 10.5. The molecule has 2 aliphatic rings. The Morgan fingerprint density at radius 1 is 0.969 bits per heavy atom. The number of nitrogens with two attached hydrogens (primary N) is 1. The summed E-state index contributed by atoms with van der Waals surface area (Å²) < 4.78 is 77.8. The summed E-state index contributed by atoms with van der Waals surface area (Å²) in [6, 6.07) is 0.977. The van der Waals surface area contributed by atoms with Gasteiger partial charge in [-0.05, 0) is 49.8 Å². The van der Waals surface area contributed by atoms with Gasteiger partial charge in [0.05, 0.1) is 16.7 Å². The third kappa shape index (κ3) is 5.73. The Labute approximate surface area is 181 Å². The van der Waals surface area contributed by atoms with E-state index < -0.39 is 40.6 Å². The molecule has 3 N–H and O–H groups in total. The van der Waals surface area contributed by atoms with Crippen LogP contribution in [0.5, 0.6) is 0 Å². The minimum absolute atomic E-state index is 0.0109. The molecule has 2 amide bonds. The molecule has 1 aromatic carbocycles. The summed E-state index contributed by atoms with van der Waals surface area (Å²) in [6.45, 7) is 0.828. The number of alkyl halides is 6. The zero-order valence-electron chi connectivity index (χ0n) is 17.3. The predicted octanol–water partition coefficient (Wildman–Crippen LogP) is 4.56. The van der Waals surface area contributed by atoms with Crippen molar-refractivity contribution in [2.75, 3.05) is 18.4 Å². The molecule has 1 aliphatic carbocycles. The summed E-state index contributed by atoms with van der Waals surface area (Å²) >= 11 is 0. The minimum Gasteiger partial charge on any atom is -0.341 e. The number of hydrogen-bond acceptors (Lipinski definition) is 3. The lowest BCUT2D eigenvalue weighted by atomic mass is 9.90. The van der Waals surface area contributed by atoms with Crippen LogP contribution < -0.4 is 11.1 Å². The third-order valence-electron chi connectivity index (χ3n) is 6.17. The Bertz CT molecular complexity index is 822. The van der Waals surface area contributed by atoms with Crippen molar-refractivity contribution in [3.63, 3.8) is 0 Å². The average molecular weight is 465 g/mol. The molecule has 0 radical (unpaired) electrons. The summed E-state index contributed by atoms with van der Waals surface area (Å²) in [5.74, 6) is -0.904. The highest BCUT2D eigenvalue weighted by Crippen LogP contribution is 2.38. The van der Waals surface area contributed by atoms with Gasteiger partial charge in [0.15, 0.2) is 0 Å². The van der Waals surface area contributed by atoms with Crippen molar-refractivity contribution >= 4 is 17.5 Å². The van der Waals surface area contributed by atoms with Gasteiger partial charge in [0.1, 0.15) is 0 Å². The van der Waals surface area contributed by atoms with Crippen molar-refractivity contribution in [2.45, 2.75) is 62.8 Å². The van der Waals surface area contributed by atoms with E-state index in [0.717, 1.165) is 12.8 Å². The van der Waals surface area contributed by atoms with E-state index >= 15 is 0 Å². The number of nitrogens with one attached hydrogen (secondary N) is 1. The van der Waals surface area contributed by atoms with E-state index in [9.17, 15) is 35.9 Å². The number of benzene rings is 1. The molecule has 0 bridgehead atoms. The van der Waals surface area contributed by atoms with Crippen LogP contribution in [-0.2, 0) is 21.9 Å². The molecule has 11 heteroatoms. The standard InChI is InChI=1S/C21H25F6N3O2/c22-20(23,24)14-10-15(21(25,26)27)12-16(11-14)29-17(31)9-13-3-7-30(8-4-13)18(32)19(28)5-1-2-6-19/h10-13H,1-9,28H2,(H,29,31). The molecule has 32 heavy (non-hydrogen) atoms. The first-order chi connectivity index (χ1) is 14.8. The predicted molar refractivity (Wildman–Crippen MR) is 104 cm³/mol. The van der Waals surface area contributed by atoms with E-state index in [0.29, 0.717) is 50.9 Å². The number of hydrogen-bond donors (Lipinski definition) is 2. The number of rotatable bonds is 4. The van der Waals surface area contributed by atoms with Crippen molar-refractivity contribution in [1.29, 1.82) is 0 Å². The van der Waals surface area contributed by atoms with Gasteiger partial charge in [0.25, 0.3) is 0 Å². The monoisotopic (exact) mass is 465 g/mol. The highest BCUT2D eigenvalue weighted by molar-refractivity contribution is 5.91. The number of carbonyl (C=O) groups excluding carboxylic acids is 2. The quantitative estimate of drug-likeness (QED) is 0.640. The fourth-order valence-corrected chi connectivity index (χ4v) is 4.38. The fourth-order valence-electron chi connectivity index (χ4n) is 4.38. The zero-order chi connectivity index (χ0) is 23.7. The SMILES string of the molecule is NC1(C(=O)N2CCC(CC(=O)Nc3cc(C(F)(F)F)cc(C(F)(F)F)c3)CC2)CCCC1. The Morgan fingerprint density at radius 2 is 1.47 bits per heavy atom. The second-order valence-corrected chi connectivity index (χ2v) is 8.65. The van der Waals surface area contributed by atoms with E-state index in [1.54, 1.807) is 4.90 Å². The molecule has 0 atom stereocenters. The highest BCUT2D eigenvalue weighted by atomic mass is 19.4. The maximum atomic E-state index is 13.0. The molecular weight excluding hydrogens is 440 g/mol. The molecule has 178 valence electrons. The number of likely N-dealkylation sites (tertiary alicyclic amines) is 1. The van der Waals surface area contributed by atoms with Crippen LogP contribution in [0.15, 0.2) is 18.2 Å². The van der Waals surface area contributed by atoms with Gasteiger partial charge in [-0.3, -0.25) is 9.59 Å². The number of anilines is 1. The van der Waals surface area contributed by atoms with Gasteiger partial charge in [-0.15, -0.1) is 0 Å². The smallest absolute Gasteiger partial charge is 0.341 e. The summed E-state index contributed by atoms with van der Waals surface area (Å²) in [4.78, 5) is 26.6. The second-order valence-electron chi connectivity index (χ2n) is 8.65. The molecule has 1 saturated heterocycles. The van der Waals surface area contributed by atoms with Crippen molar-refractivity contribution in [3.8, 4) is 0 Å². The normalized spacial score (nSPS) is 19.8. The first-order valence-electron chi connectivity index (χ1n) is 10.5. The number of carbonyl (C=O) groups is 2. The lowest BCUT2D eigenvalue weighted by Crippen LogP contribution is -2.55. The van der Waals surface area contributed by atoms with Crippen LogP contribution in [-0.4, -0.2) is 35.3 Å². The molecule has 1 saturated carbocycles. The number of halogens is 6. The van der Waals surface area contributed by atoms with Crippen LogP contribution in [0.3, 0.4) is 0 Å². The fraction of sp³-hybridized carbons (Fsp3) is 0.619. The van der Waals surface area contributed by atoms with Gasteiger partial charge in [-0.1, -0.05) is 12.8 Å². The zero-order valence-corrected chi connectivity index (χ0v) is 17.3. The largest absolute Gasteiger partial charge is 0.416 e. The third-order valence-corrected chi connectivity index (χ3v) is 6.17. The summed E-state index contributed by atoms with van der Waals surface area (Å²) in [5, 5.41) is 2.16. The number of amides is 2. The Hall–Kier alpha value is -2.30. The van der Waals surface area contributed by atoms with Gasteiger partial charge in [-0.2, -0.15) is 26.3 Å². The van der Waals surface area contributed by atoms with Crippen LogP contribution in [0.25, 0.3) is 0 Å². The van der Waals surface area contributed by atoms with E-state index in [1.807, 2.05) is 0 Å². The van der Waals surface area contributed by atoms with Crippen LogP contribution in [0.4, 0.5) is 32.0 Å². The summed E-state index contributed by atoms with van der Waals surface area (Å²) in [5.41, 5.74) is 1.84. The second kappa shape index (κ2) is 8.92. The van der Waals surface area contributed by atoms with E-state index in [2.05, 4.69) is 5.32 Å². The lowest BCUT2D eigenvalue weighted by molar-refractivity contribution is -0.143. The van der Waals surface area contributed by atoms with Gasteiger partial charge in [0, 0.05) is 25.2 Å². The van der Waals surface area contributed by atoms with E-state index in [4.69, 9.17) is 5.73 Å². The van der Waals surface area contributed by atoms with Crippen LogP contribution in [0.1, 0.15) is 56.1 Å². The lowest BCUT2D eigenvalue weighted by Gasteiger charge is -2.36. The molecular formula is C21H25F6N3O2. The molecule has 1 heterocycles. The number of piperidine rings is 1. The van der Waals surface area contributed by atoms with E-state index in [-0.39, 0.29) is 24.3 Å². The molecule has 1 aliphatic heterocycles. The molecule has 2 fully saturated rings. The highest BCUT2D eigenvalue weighted by Gasteiger charge is 2.41. The Kier molecular flexibility index (Phi) is 6.78. The Morgan fingerprint density at radius 3 is 1.94 bits per heavy atom. The summed E-state index contributed by atoms with van der Waals surface area (Å²) in [6.07, 6.45) is -5.92. The van der Waals surface area contributed by atoms with Crippen LogP contribution >= 0.6 is 0 Å². The van der Waals surface area contributed by atoms with Crippen molar-refractivity contribution in [1.82, 2.24) is 4.90 Å². The van der Waals surface area contributed by atoms with E-state index in [1.165, 1.54) is 0 Å². The van der Waals surface area contributed by atoms with Gasteiger partial charge in [0.2, 0.25) is 11.8 Å². The molecule has 0 unspecified atom stereocenters. The molecule has 5 nitrogen and oxygen atoms in total. The van der Waals surface area contributed by atoms with Crippen LogP contribution in [0.2, 0.25) is 0 Å². The maximum absolute atomic E-state index is 13.0. The number of nitrogens with zero attached hydrogens (tertiary/aromatic N) is 1. The minimum atomic E-state index is -4.99. The van der Waals surface area contributed by atoms with Crippen molar-refractivity contribution < 1.29 is 35.9 Å². The topological polar surface area (TPSA) is 75.4 Å². The molecule has 0 aromatic heterocycles. The van der Waals surface area contributed by atoms with Gasteiger partial charge in [-0.25, -0.2) is 0 Å². The maximum Gasteiger partial charge on any atom is 0.416 e. The average Bonchev–Trinajstić information content (AvgIpc) is 3.14. The van der Waals surface area contributed by atoms with Crippen molar-refractivity contribution in [2.24, 2.45) is 11.7 Å². The van der Waals surface area contributed by atoms with Gasteiger partial charge >= 0.3 is 12.4 Å². The van der Waals surface area contributed by atoms with Crippen LogP contribution in [0, 0.1) is 5.92 Å². The Balaban J connectivity index is 1.59. The molecule has 3 rings (SSSR count). The van der Waals surface area contributed by atoms with Crippen molar-refractivity contribution in [3.05, 3.63) is 29.3 Å². The molecule has 0 spiro atoms. The summed E-state index contributed by atoms with van der Waals surface area (Å²) in [7, 11) is 0. The van der Waals surface area contributed by atoms with Gasteiger partial charge < -0.3 is 16.0 Å².